The molecule has 0 bridgehead atoms. The van der Waals surface area contributed by atoms with Gasteiger partial charge in [-0.25, -0.2) is 13.1 Å². The molecule has 0 amide bonds. The molecule has 0 saturated heterocycles. The van der Waals surface area contributed by atoms with Crippen LogP contribution in [-0.2, 0) is 10.0 Å². The predicted octanol–water partition coefficient (Wildman–Crippen LogP) is 2.73. The van der Waals surface area contributed by atoms with Gasteiger partial charge < -0.3 is 0 Å². The molecule has 0 radical (unpaired) electrons. The van der Waals surface area contributed by atoms with Crippen molar-refractivity contribution in [1.29, 1.82) is 0 Å². The van der Waals surface area contributed by atoms with Crippen molar-refractivity contribution in [2.24, 2.45) is 0 Å². The van der Waals surface area contributed by atoms with E-state index in [1.165, 1.54) is 11.3 Å². The van der Waals surface area contributed by atoms with Crippen molar-refractivity contribution in [2.45, 2.75) is 18.2 Å². The molecule has 0 aliphatic rings. The van der Waals surface area contributed by atoms with Gasteiger partial charge in [-0.1, -0.05) is 0 Å². The van der Waals surface area contributed by atoms with E-state index in [0.29, 0.717) is 23.7 Å². The zero-order valence-electron chi connectivity index (χ0n) is 8.09. The highest BCUT2D eigenvalue weighted by molar-refractivity contribution is 9.11. The summed E-state index contributed by atoms with van der Waals surface area (Å²) in [6.45, 7) is 2.16. The molecule has 3 nitrogen and oxygen atoms in total. The van der Waals surface area contributed by atoms with E-state index in [1.807, 2.05) is 0 Å². The van der Waals surface area contributed by atoms with Crippen LogP contribution in [0.3, 0.4) is 0 Å². The largest absolute Gasteiger partial charge is 0.241 e. The van der Waals surface area contributed by atoms with Gasteiger partial charge in [-0.2, -0.15) is 0 Å². The van der Waals surface area contributed by atoms with Crippen molar-refractivity contribution >= 4 is 48.9 Å². The van der Waals surface area contributed by atoms with Crippen molar-refractivity contribution in [1.82, 2.24) is 4.72 Å². The molecule has 1 aromatic rings. The Hall–Kier alpha value is 0.380. The second-order valence-electron chi connectivity index (χ2n) is 2.91. The fourth-order valence-electron chi connectivity index (χ4n) is 1.05. The second-order valence-corrected chi connectivity index (χ2v) is 7.66. The van der Waals surface area contributed by atoms with Crippen LogP contribution >= 0.6 is 38.9 Å². The van der Waals surface area contributed by atoms with E-state index in [2.05, 4.69) is 20.7 Å². The first-order valence-corrected chi connectivity index (χ1v) is 7.91. The van der Waals surface area contributed by atoms with Crippen LogP contribution in [0.5, 0.6) is 0 Å². The quantitative estimate of drug-likeness (QED) is 0.665. The molecule has 1 N–H and O–H groups in total. The molecule has 0 aliphatic heterocycles. The van der Waals surface area contributed by atoms with Crippen molar-refractivity contribution < 1.29 is 8.42 Å². The number of alkyl halides is 1. The Morgan fingerprint density at radius 2 is 2.27 bits per heavy atom. The van der Waals surface area contributed by atoms with Gasteiger partial charge in [-0.05, 0) is 35.3 Å². The fraction of sp³-hybridized carbons (Fsp3) is 0.500. The normalized spacial score (nSPS) is 11.9. The highest BCUT2D eigenvalue weighted by Crippen LogP contribution is 2.29. The van der Waals surface area contributed by atoms with Crippen LogP contribution in [0.4, 0.5) is 0 Å². The minimum Gasteiger partial charge on any atom is -0.211 e. The number of sulfonamides is 1. The maximum atomic E-state index is 11.8. The minimum atomic E-state index is -3.37. The number of thiophene rings is 1. The lowest BCUT2D eigenvalue weighted by atomic mass is 10.5. The Balaban J connectivity index is 2.82. The molecule has 86 valence electrons. The molecule has 0 atom stereocenters. The fourth-order valence-corrected chi connectivity index (χ4v) is 4.67. The first kappa shape index (κ1) is 13.4. The second kappa shape index (κ2) is 5.63. The van der Waals surface area contributed by atoms with Gasteiger partial charge in [0.1, 0.15) is 0 Å². The van der Waals surface area contributed by atoms with Crippen molar-refractivity contribution in [3.8, 4) is 0 Å². The Kier molecular flexibility index (Phi) is 5.05. The van der Waals surface area contributed by atoms with Gasteiger partial charge in [0.05, 0.1) is 8.68 Å². The van der Waals surface area contributed by atoms with Crippen LogP contribution in [0.2, 0.25) is 0 Å². The SMILES string of the molecule is Cc1sc(Br)cc1S(=O)(=O)NCCCCl. The van der Waals surface area contributed by atoms with E-state index < -0.39 is 10.0 Å². The van der Waals surface area contributed by atoms with Gasteiger partial charge >= 0.3 is 0 Å². The average molecular weight is 333 g/mol. The Morgan fingerprint density at radius 1 is 1.60 bits per heavy atom. The topological polar surface area (TPSA) is 46.2 Å². The monoisotopic (exact) mass is 331 g/mol. The summed E-state index contributed by atoms with van der Waals surface area (Å²) in [5.41, 5.74) is 0. The van der Waals surface area contributed by atoms with Crippen LogP contribution in [0.25, 0.3) is 0 Å². The maximum absolute atomic E-state index is 11.8. The number of aryl methyl sites for hydroxylation is 1. The Labute approximate surface area is 107 Å². The van der Waals surface area contributed by atoms with E-state index in [9.17, 15) is 8.42 Å². The Morgan fingerprint density at radius 3 is 2.73 bits per heavy atom. The van der Waals surface area contributed by atoms with Crippen LogP contribution in [-0.4, -0.2) is 20.8 Å². The summed E-state index contributed by atoms with van der Waals surface area (Å²) in [7, 11) is -3.37. The molecule has 15 heavy (non-hydrogen) atoms. The summed E-state index contributed by atoms with van der Waals surface area (Å²) in [5.74, 6) is 0.453. The predicted molar refractivity (Wildman–Crippen MR) is 67.3 cm³/mol. The van der Waals surface area contributed by atoms with E-state index in [4.69, 9.17) is 11.6 Å². The van der Waals surface area contributed by atoms with Crippen LogP contribution in [0.1, 0.15) is 11.3 Å². The van der Waals surface area contributed by atoms with Gasteiger partial charge in [0.2, 0.25) is 10.0 Å². The average Bonchev–Trinajstić information content (AvgIpc) is 2.46. The molecule has 0 spiro atoms. The molecule has 1 aromatic heterocycles. The molecule has 0 saturated carbocycles. The van der Waals surface area contributed by atoms with Crippen molar-refractivity contribution in [3.63, 3.8) is 0 Å². The molecule has 1 heterocycles. The number of rotatable bonds is 5. The number of nitrogens with one attached hydrogen (secondary N) is 1. The first-order valence-electron chi connectivity index (χ1n) is 4.29. The third kappa shape index (κ3) is 3.71. The van der Waals surface area contributed by atoms with Crippen molar-refractivity contribution in [3.05, 3.63) is 14.7 Å². The summed E-state index contributed by atoms with van der Waals surface area (Å²) in [5, 5.41) is 0. The van der Waals surface area contributed by atoms with E-state index in [-0.39, 0.29) is 0 Å². The molecular weight excluding hydrogens is 322 g/mol. The zero-order valence-corrected chi connectivity index (χ0v) is 12.1. The third-order valence-corrected chi connectivity index (χ3v) is 5.27. The summed E-state index contributed by atoms with van der Waals surface area (Å²) < 4.78 is 26.9. The highest BCUT2D eigenvalue weighted by Gasteiger charge is 2.18. The van der Waals surface area contributed by atoms with Gasteiger partial charge in [0.25, 0.3) is 0 Å². The smallest absolute Gasteiger partial charge is 0.211 e. The van der Waals surface area contributed by atoms with Crippen LogP contribution in [0.15, 0.2) is 14.7 Å². The lowest BCUT2D eigenvalue weighted by Gasteiger charge is -2.04. The summed E-state index contributed by atoms with van der Waals surface area (Å²) in [4.78, 5) is 1.12. The van der Waals surface area contributed by atoms with Gasteiger partial charge in [-0.3, -0.25) is 0 Å². The van der Waals surface area contributed by atoms with E-state index >= 15 is 0 Å². The maximum Gasteiger partial charge on any atom is 0.241 e. The van der Waals surface area contributed by atoms with E-state index in [0.717, 1.165) is 8.66 Å². The Bertz CT molecular complexity index is 430. The van der Waals surface area contributed by atoms with Crippen molar-refractivity contribution in [2.75, 3.05) is 12.4 Å². The van der Waals surface area contributed by atoms with E-state index in [1.54, 1.807) is 13.0 Å². The summed E-state index contributed by atoms with van der Waals surface area (Å²) in [6, 6.07) is 1.61. The standard InChI is InChI=1S/C8H11BrClNO2S2/c1-6-7(5-8(9)14-6)15(12,13)11-4-2-3-10/h5,11H,2-4H2,1H3. The molecule has 0 aliphatic carbocycles. The lowest BCUT2D eigenvalue weighted by Crippen LogP contribution is -2.25. The summed E-state index contributed by atoms with van der Waals surface area (Å²) in [6.07, 6.45) is 0.630. The van der Waals surface area contributed by atoms with Gasteiger partial charge in [-0.15, -0.1) is 22.9 Å². The van der Waals surface area contributed by atoms with Crippen LogP contribution < -0.4 is 4.72 Å². The molecular formula is C8H11BrClNO2S2. The van der Waals surface area contributed by atoms with Gasteiger partial charge in [0, 0.05) is 17.3 Å². The number of halogens is 2. The lowest BCUT2D eigenvalue weighted by molar-refractivity contribution is 0.581. The highest BCUT2D eigenvalue weighted by atomic mass is 79.9. The molecule has 0 aromatic carbocycles. The number of hydrogen-bond acceptors (Lipinski definition) is 3. The first-order chi connectivity index (χ1) is 6.97. The minimum absolute atomic E-state index is 0.342. The number of hydrogen-bond donors (Lipinski definition) is 1. The molecule has 1 rings (SSSR count). The summed E-state index contributed by atoms with van der Waals surface area (Å²) >= 11 is 10.1. The van der Waals surface area contributed by atoms with Gasteiger partial charge in [0.15, 0.2) is 0 Å². The zero-order chi connectivity index (χ0) is 11.5. The molecule has 0 fully saturated rings. The molecule has 0 unspecified atom stereocenters. The third-order valence-electron chi connectivity index (χ3n) is 1.73. The van der Waals surface area contributed by atoms with Crippen LogP contribution in [0, 0.1) is 6.92 Å². The molecule has 7 heteroatoms.